The smallest absolute Gasteiger partial charge is 0.142 e. The van der Waals surface area contributed by atoms with Gasteiger partial charge in [-0.3, -0.25) is 4.68 Å². The number of alkyl halides is 1. The Balaban J connectivity index is 2.48. The van der Waals surface area contributed by atoms with Crippen molar-refractivity contribution in [3.63, 3.8) is 0 Å². The fourth-order valence-corrected chi connectivity index (χ4v) is 1.63. The van der Waals surface area contributed by atoms with Crippen LogP contribution in [0.15, 0.2) is 6.20 Å². The third-order valence-corrected chi connectivity index (χ3v) is 2.20. The molecule has 0 bridgehead atoms. The number of nitrogens with zero attached hydrogens (tertiary/aromatic N) is 2. The summed E-state index contributed by atoms with van der Waals surface area (Å²) in [6, 6.07) is 0. The van der Waals surface area contributed by atoms with E-state index in [9.17, 15) is 4.39 Å². The molecule has 0 spiro atoms. The Hall–Kier alpha value is -0.860. The van der Waals surface area contributed by atoms with Crippen LogP contribution in [0.1, 0.15) is 30.3 Å². The first-order valence-electron chi connectivity index (χ1n) is 3.95. The van der Waals surface area contributed by atoms with Gasteiger partial charge in [0.25, 0.3) is 0 Å². The third kappa shape index (κ3) is 0.951. The van der Waals surface area contributed by atoms with Gasteiger partial charge in [0.15, 0.2) is 0 Å². The van der Waals surface area contributed by atoms with Crippen molar-refractivity contribution >= 4 is 0 Å². The zero-order valence-electron chi connectivity index (χ0n) is 6.55. The Labute approximate surface area is 65.0 Å². The van der Waals surface area contributed by atoms with Crippen molar-refractivity contribution < 1.29 is 4.39 Å². The van der Waals surface area contributed by atoms with Gasteiger partial charge in [0.05, 0.1) is 11.9 Å². The molecule has 1 unspecified atom stereocenters. The van der Waals surface area contributed by atoms with E-state index in [4.69, 9.17) is 0 Å². The predicted molar refractivity (Wildman–Crippen MR) is 40.0 cm³/mol. The predicted octanol–water partition coefficient (Wildman–Crippen LogP) is 2.00. The molecule has 1 atom stereocenters. The lowest BCUT2D eigenvalue weighted by atomic mass is 10.1. The van der Waals surface area contributed by atoms with Crippen molar-refractivity contribution in [2.45, 2.75) is 32.5 Å². The van der Waals surface area contributed by atoms with Crippen molar-refractivity contribution in [1.82, 2.24) is 9.78 Å². The summed E-state index contributed by atoms with van der Waals surface area (Å²) >= 11 is 0. The summed E-state index contributed by atoms with van der Waals surface area (Å²) in [4.78, 5) is 0. The summed E-state index contributed by atoms with van der Waals surface area (Å²) in [5.74, 6) is 0. The topological polar surface area (TPSA) is 17.8 Å². The molecule has 0 saturated carbocycles. The zero-order chi connectivity index (χ0) is 7.84. The molecule has 0 N–H and O–H groups in total. The van der Waals surface area contributed by atoms with Gasteiger partial charge in [0.1, 0.15) is 6.17 Å². The van der Waals surface area contributed by atoms with E-state index < -0.39 is 6.17 Å². The SMILES string of the molecule is Cc1cnn2c1C(F)CCC2. The van der Waals surface area contributed by atoms with Gasteiger partial charge in [-0.25, -0.2) is 4.39 Å². The van der Waals surface area contributed by atoms with Crippen molar-refractivity contribution in [1.29, 1.82) is 0 Å². The van der Waals surface area contributed by atoms with Crippen LogP contribution in [0.2, 0.25) is 0 Å². The average molecular weight is 154 g/mol. The van der Waals surface area contributed by atoms with E-state index in [1.165, 1.54) is 0 Å². The first-order chi connectivity index (χ1) is 5.29. The van der Waals surface area contributed by atoms with Crippen LogP contribution in [0.4, 0.5) is 4.39 Å². The number of aromatic nitrogens is 2. The van der Waals surface area contributed by atoms with Crippen molar-refractivity contribution in [2.75, 3.05) is 0 Å². The molecule has 1 aliphatic rings. The van der Waals surface area contributed by atoms with E-state index >= 15 is 0 Å². The van der Waals surface area contributed by atoms with Crippen molar-refractivity contribution in [3.05, 3.63) is 17.5 Å². The Morgan fingerprint density at radius 3 is 3.27 bits per heavy atom. The molecule has 0 saturated heterocycles. The van der Waals surface area contributed by atoms with Gasteiger partial charge in [0, 0.05) is 6.54 Å². The number of halogens is 1. The van der Waals surface area contributed by atoms with Crippen LogP contribution in [-0.2, 0) is 6.54 Å². The normalized spacial score (nSPS) is 23.3. The lowest BCUT2D eigenvalue weighted by Crippen LogP contribution is -2.14. The van der Waals surface area contributed by atoms with Gasteiger partial charge in [-0.05, 0) is 25.3 Å². The Morgan fingerprint density at radius 2 is 2.55 bits per heavy atom. The van der Waals surface area contributed by atoms with Crippen molar-refractivity contribution in [2.24, 2.45) is 0 Å². The van der Waals surface area contributed by atoms with Crippen molar-refractivity contribution in [3.8, 4) is 0 Å². The van der Waals surface area contributed by atoms with E-state index in [1.54, 1.807) is 10.9 Å². The maximum Gasteiger partial charge on any atom is 0.142 e. The summed E-state index contributed by atoms with van der Waals surface area (Å²) in [6.07, 6.45) is 2.53. The molecule has 1 aliphatic heterocycles. The van der Waals surface area contributed by atoms with Crippen LogP contribution >= 0.6 is 0 Å². The second kappa shape index (κ2) is 2.32. The van der Waals surface area contributed by atoms with Crippen LogP contribution in [0, 0.1) is 6.92 Å². The highest BCUT2D eigenvalue weighted by Gasteiger charge is 2.21. The lowest BCUT2D eigenvalue weighted by molar-refractivity contribution is 0.258. The van der Waals surface area contributed by atoms with E-state index in [-0.39, 0.29) is 0 Å². The zero-order valence-corrected chi connectivity index (χ0v) is 6.55. The Bertz CT molecular complexity index is 267. The molecule has 2 nitrogen and oxygen atoms in total. The molecule has 1 aromatic heterocycles. The second-order valence-corrected chi connectivity index (χ2v) is 3.05. The average Bonchev–Trinajstić information content (AvgIpc) is 2.34. The van der Waals surface area contributed by atoms with Gasteiger partial charge in [0.2, 0.25) is 0 Å². The molecular formula is C8H11FN2. The standard InChI is InChI=1S/C8H11FN2/c1-6-5-10-11-4-2-3-7(9)8(6)11/h5,7H,2-4H2,1H3. The number of rotatable bonds is 0. The lowest BCUT2D eigenvalue weighted by Gasteiger charge is -2.17. The first-order valence-corrected chi connectivity index (χ1v) is 3.95. The van der Waals surface area contributed by atoms with E-state index in [0.717, 1.165) is 24.2 Å². The molecule has 2 rings (SSSR count). The van der Waals surface area contributed by atoms with E-state index in [1.807, 2.05) is 6.92 Å². The highest BCUT2D eigenvalue weighted by atomic mass is 19.1. The molecule has 3 heteroatoms. The van der Waals surface area contributed by atoms with Crippen LogP contribution in [0.3, 0.4) is 0 Å². The number of fused-ring (bicyclic) bond motifs is 1. The maximum atomic E-state index is 13.2. The largest absolute Gasteiger partial charge is 0.266 e. The molecule has 11 heavy (non-hydrogen) atoms. The fraction of sp³-hybridized carbons (Fsp3) is 0.625. The summed E-state index contributed by atoms with van der Waals surface area (Å²) in [5.41, 5.74) is 1.77. The third-order valence-electron chi connectivity index (χ3n) is 2.20. The highest BCUT2D eigenvalue weighted by molar-refractivity contribution is 5.19. The van der Waals surface area contributed by atoms with Gasteiger partial charge in [-0.15, -0.1) is 0 Å². The fourth-order valence-electron chi connectivity index (χ4n) is 1.63. The van der Waals surface area contributed by atoms with Crippen LogP contribution < -0.4 is 0 Å². The van der Waals surface area contributed by atoms with Crippen LogP contribution in [0.25, 0.3) is 0 Å². The highest BCUT2D eigenvalue weighted by Crippen LogP contribution is 2.29. The first kappa shape index (κ1) is 6.83. The van der Waals surface area contributed by atoms with Crippen LogP contribution in [-0.4, -0.2) is 9.78 Å². The Morgan fingerprint density at radius 1 is 1.73 bits per heavy atom. The van der Waals surface area contributed by atoms with Crippen LogP contribution in [0.5, 0.6) is 0 Å². The minimum Gasteiger partial charge on any atom is -0.266 e. The summed E-state index contributed by atoms with van der Waals surface area (Å²) < 4.78 is 15.0. The molecule has 0 fully saturated rings. The number of aryl methyl sites for hydroxylation is 2. The number of hydrogen-bond acceptors (Lipinski definition) is 1. The van der Waals surface area contributed by atoms with Gasteiger partial charge in [-0.1, -0.05) is 0 Å². The molecule has 2 heterocycles. The molecule has 0 aromatic carbocycles. The molecule has 0 radical (unpaired) electrons. The molecular weight excluding hydrogens is 143 g/mol. The van der Waals surface area contributed by atoms with Gasteiger partial charge < -0.3 is 0 Å². The second-order valence-electron chi connectivity index (χ2n) is 3.05. The summed E-state index contributed by atoms with van der Waals surface area (Å²) in [7, 11) is 0. The molecule has 0 amide bonds. The monoisotopic (exact) mass is 154 g/mol. The molecule has 1 aromatic rings. The van der Waals surface area contributed by atoms with Gasteiger partial charge in [-0.2, -0.15) is 5.10 Å². The van der Waals surface area contributed by atoms with E-state index in [2.05, 4.69) is 5.10 Å². The summed E-state index contributed by atoms with van der Waals surface area (Å²) in [6.45, 7) is 2.79. The quantitative estimate of drug-likeness (QED) is 0.558. The Kier molecular flexibility index (Phi) is 1.44. The minimum atomic E-state index is -0.786. The maximum absolute atomic E-state index is 13.2. The summed E-state index contributed by atoms with van der Waals surface area (Å²) in [5, 5.41) is 4.08. The minimum absolute atomic E-state index is 0.659. The van der Waals surface area contributed by atoms with E-state index in [0.29, 0.717) is 6.42 Å². The van der Waals surface area contributed by atoms with Gasteiger partial charge >= 0.3 is 0 Å². The molecule has 60 valence electrons. The molecule has 0 aliphatic carbocycles. The number of hydrogen-bond donors (Lipinski definition) is 0.